The smallest absolute Gasteiger partial charge is 0.123 e. The lowest BCUT2D eigenvalue weighted by atomic mass is 9.87. The number of β-amino-alcohol motifs (C(OH)–C–C–N with tert-alkyl or cyclic N) is 1. The van der Waals surface area contributed by atoms with E-state index in [1.807, 2.05) is 12.1 Å². The molecule has 2 unspecified atom stereocenters. The van der Waals surface area contributed by atoms with Crippen molar-refractivity contribution in [2.75, 3.05) is 26.2 Å². The summed E-state index contributed by atoms with van der Waals surface area (Å²) in [5, 5.41) is 20.9. The summed E-state index contributed by atoms with van der Waals surface area (Å²) < 4.78 is 18.8. The molecule has 1 fully saturated rings. The highest BCUT2D eigenvalue weighted by atomic mass is 19.1. The predicted octanol–water partition coefficient (Wildman–Crippen LogP) is 4.13. The van der Waals surface area contributed by atoms with Crippen LogP contribution >= 0.6 is 0 Å². The van der Waals surface area contributed by atoms with Crippen molar-refractivity contribution in [1.82, 2.24) is 4.90 Å². The Morgan fingerprint density at radius 1 is 0.966 bits per heavy atom. The van der Waals surface area contributed by atoms with Gasteiger partial charge in [-0.25, -0.2) is 4.39 Å². The second-order valence-electron chi connectivity index (χ2n) is 8.32. The van der Waals surface area contributed by atoms with Crippen LogP contribution in [0.5, 0.6) is 5.75 Å². The molecule has 4 nitrogen and oxygen atoms in total. The van der Waals surface area contributed by atoms with Gasteiger partial charge in [0.15, 0.2) is 0 Å². The molecular formula is C24H32FNO3. The zero-order valence-electron chi connectivity index (χ0n) is 17.3. The predicted molar refractivity (Wildman–Crippen MR) is 113 cm³/mol. The van der Waals surface area contributed by atoms with Crippen LogP contribution < -0.4 is 4.74 Å². The maximum Gasteiger partial charge on any atom is 0.123 e. The minimum Gasteiger partial charge on any atom is -0.491 e. The van der Waals surface area contributed by atoms with Crippen molar-refractivity contribution >= 4 is 0 Å². The highest BCUT2D eigenvalue weighted by Crippen LogP contribution is 2.30. The van der Waals surface area contributed by atoms with Crippen LogP contribution in [0.25, 0.3) is 0 Å². The van der Waals surface area contributed by atoms with E-state index in [0.717, 1.165) is 37.2 Å². The molecule has 1 saturated heterocycles. The molecule has 1 aliphatic heterocycles. The topological polar surface area (TPSA) is 52.9 Å². The van der Waals surface area contributed by atoms with Crippen LogP contribution in [0.3, 0.4) is 0 Å². The lowest BCUT2D eigenvalue weighted by Gasteiger charge is -2.35. The molecule has 3 rings (SSSR count). The molecule has 1 aliphatic rings. The van der Waals surface area contributed by atoms with Gasteiger partial charge in [-0.15, -0.1) is 0 Å². The van der Waals surface area contributed by atoms with Crippen molar-refractivity contribution in [2.24, 2.45) is 5.92 Å². The van der Waals surface area contributed by atoms with E-state index in [1.165, 1.54) is 17.7 Å². The first-order valence-electron chi connectivity index (χ1n) is 10.5. The number of hydrogen-bond donors (Lipinski definition) is 2. The van der Waals surface area contributed by atoms with Gasteiger partial charge in [0.1, 0.15) is 24.3 Å². The fraction of sp³-hybridized carbons (Fsp3) is 0.500. The highest BCUT2D eigenvalue weighted by molar-refractivity contribution is 5.28. The molecule has 2 N–H and O–H groups in total. The molecule has 29 heavy (non-hydrogen) atoms. The third kappa shape index (κ3) is 6.26. The standard InChI is InChI=1S/C24H32FNO3/c1-17(2)18-5-9-23(10-6-18)29-16-22(27)15-26-13-11-20(12-14-26)24(28)19-3-7-21(25)8-4-19/h3-10,17,20,22,24,27-28H,11-16H2,1-2H3. The minimum absolute atomic E-state index is 0.157. The van der Waals surface area contributed by atoms with Crippen LogP contribution in [0.2, 0.25) is 0 Å². The molecule has 0 saturated carbocycles. The SMILES string of the molecule is CC(C)c1ccc(OCC(O)CN2CCC(C(O)c3ccc(F)cc3)CC2)cc1. The van der Waals surface area contributed by atoms with Gasteiger partial charge in [0.25, 0.3) is 0 Å². The molecule has 2 atom stereocenters. The molecule has 0 amide bonds. The van der Waals surface area contributed by atoms with Gasteiger partial charge >= 0.3 is 0 Å². The Kier molecular flexibility index (Phi) is 7.64. The number of aliphatic hydroxyl groups is 2. The fourth-order valence-corrected chi connectivity index (χ4v) is 3.88. The molecule has 0 bridgehead atoms. The number of nitrogens with zero attached hydrogens (tertiary/aromatic N) is 1. The van der Waals surface area contributed by atoms with Gasteiger partial charge in [-0.3, -0.25) is 0 Å². The number of aliphatic hydroxyl groups excluding tert-OH is 2. The number of hydrogen-bond acceptors (Lipinski definition) is 4. The van der Waals surface area contributed by atoms with Gasteiger partial charge < -0.3 is 19.8 Å². The first kappa shape index (κ1) is 21.8. The zero-order valence-corrected chi connectivity index (χ0v) is 17.3. The van der Waals surface area contributed by atoms with Crippen molar-refractivity contribution in [3.8, 4) is 5.75 Å². The van der Waals surface area contributed by atoms with Gasteiger partial charge in [-0.2, -0.15) is 0 Å². The summed E-state index contributed by atoms with van der Waals surface area (Å²) in [5.74, 6) is 1.13. The largest absolute Gasteiger partial charge is 0.491 e. The maximum atomic E-state index is 13.1. The summed E-state index contributed by atoms with van der Waals surface area (Å²) in [5.41, 5.74) is 2.03. The van der Waals surface area contributed by atoms with Crippen molar-refractivity contribution in [1.29, 1.82) is 0 Å². The van der Waals surface area contributed by atoms with E-state index >= 15 is 0 Å². The molecule has 5 heteroatoms. The van der Waals surface area contributed by atoms with E-state index in [1.54, 1.807) is 12.1 Å². The Balaban J connectivity index is 1.40. The van der Waals surface area contributed by atoms with Crippen molar-refractivity contribution in [2.45, 2.75) is 44.8 Å². The summed E-state index contributed by atoms with van der Waals surface area (Å²) >= 11 is 0. The average Bonchev–Trinajstić information content (AvgIpc) is 2.73. The van der Waals surface area contributed by atoms with Crippen LogP contribution in [0.1, 0.15) is 49.8 Å². The number of benzene rings is 2. The Morgan fingerprint density at radius 3 is 2.14 bits per heavy atom. The van der Waals surface area contributed by atoms with Gasteiger partial charge in [0.2, 0.25) is 0 Å². The Labute approximate surface area is 172 Å². The lowest BCUT2D eigenvalue weighted by molar-refractivity contribution is 0.0278. The zero-order chi connectivity index (χ0) is 20.8. The van der Waals surface area contributed by atoms with Crippen LogP contribution in [0.15, 0.2) is 48.5 Å². The average molecular weight is 402 g/mol. The first-order chi connectivity index (χ1) is 13.9. The monoisotopic (exact) mass is 401 g/mol. The Bertz CT molecular complexity index is 740. The number of rotatable bonds is 8. The molecular weight excluding hydrogens is 369 g/mol. The quantitative estimate of drug-likeness (QED) is 0.698. The fourth-order valence-electron chi connectivity index (χ4n) is 3.88. The van der Waals surface area contributed by atoms with Crippen LogP contribution in [0.4, 0.5) is 4.39 Å². The molecule has 0 radical (unpaired) electrons. The van der Waals surface area contributed by atoms with Crippen LogP contribution in [-0.4, -0.2) is 47.5 Å². The molecule has 2 aromatic carbocycles. The Hall–Kier alpha value is -1.95. The van der Waals surface area contributed by atoms with Gasteiger partial charge in [0, 0.05) is 6.54 Å². The van der Waals surface area contributed by atoms with Gasteiger partial charge in [-0.05, 0) is 73.2 Å². The van der Waals surface area contributed by atoms with E-state index < -0.39 is 12.2 Å². The Morgan fingerprint density at radius 2 is 1.55 bits per heavy atom. The highest BCUT2D eigenvalue weighted by Gasteiger charge is 2.27. The van der Waals surface area contributed by atoms with E-state index in [4.69, 9.17) is 4.74 Å². The first-order valence-corrected chi connectivity index (χ1v) is 10.5. The van der Waals surface area contributed by atoms with Crippen LogP contribution in [0, 0.1) is 11.7 Å². The number of halogens is 1. The van der Waals surface area contributed by atoms with Gasteiger partial charge in [0.05, 0.1) is 6.10 Å². The second-order valence-corrected chi connectivity index (χ2v) is 8.32. The van der Waals surface area contributed by atoms with E-state index in [9.17, 15) is 14.6 Å². The third-order valence-electron chi connectivity index (χ3n) is 5.75. The molecule has 0 spiro atoms. The summed E-state index contributed by atoms with van der Waals surface area (Å²) in [4.78, 5) is 2.21. The number of likely N-dealkylation sites (tertiary alicyclic amines) is 1. The summed E-state index contributed by atoms with van der Waals surface area (Å²) in [6.45, 7) is 6.78. The maximum absolute atomic E-state index is 13.1. The molecule has 158 valence electrons. The number of ether oxygens (including phenoxy) is 1. The summed E-state index contributed by atoms with van der Waals surface area (Å²) in [7, 11) is 0. The normalized spacial score (nSPS) is 18.0. The summed E-state index contributed by atoms with van der Waals surface area (Å²) in [6, 6.07) is 14.1. The molecule has 1 heterocycles. The second kappa shape index (κ2) is 10.2. The third-order valence-corrected chi connectivity index (χ3v) is 5.75. The van der Waals surface area contributed by atoms with Crippen molar-refractivity contribution in [3.63, 3.8) is 0 Å². The van der Waals surface area contributed by atoms with Crippen LogP contribution in [-0.2, 0) is 0 Å². The molecule has 0 aromatic heterocycles. The van der Waals surface area contributed by atoms with E-state index in [0.29, 0.717) is 12.5 Å². The minimum atomic E-state index is -0.570. The van der Waals surface area contributed by atoms with E-state index in [2.05, 4.69) is 30.9 Å². The van der Waals surface area contributed by atoms with Crippen molar-refractivity contribution in [3.05, 3.63) is 65.5 Å². The molecule has 0 aliphatic carbocycles. The van der Waals surface area contributed by atoms with Crippen molar-refractivity contribution < 1.29 is 19.3 Å². The lowest BCUT2D eigenvalue weighted by Crippen LogP contribution is -2.41. The number of piperidine rings is 1. The van der Waals surface area contributed by atoms with Gasteiger partial charge in [-0.1, -0.05) is 38.1 Å². The summed E-state index contributed by atoms with van der Waals surface area (Å²) in [6.07, 6.45) is 0.573. The molecule has 2 aromatic rings. The van der Waals surface area contributed by atoms with E-state index in [-0.39, 0.29) is 18.3 Å².